The summed E-state index contributed by atoms with van der Waals surface area (Å²) in [4.78, 5) is 2.41. The maximum absolute atomic E-state index is 6.91. The molecule has 2 nitrogen and oxygen atoms in total. The second-order valence-electron chi connectivity index (χ2n) is 15.2. The summed E-state index contributed by atoms with van der Waals surface area (Å²) in [5.74, 6) is 0. The third kappa shape index (κ3) is 6.23. The quantitative estimate of drug-likeness (QED) is 0.153. The first-order valence-electron chi connectivity index (χ1n) is 20.5. The minimum absolute atomic E-state index is 0.885. The highest BCUT2D eigenvalue weighted by molar-refractivity contribution is 6.17. The molecule has 0 unspecified atom stereocenters. The second-order valence-corrected chi connectivity index (χ2v) is 15.2. The van der Waals surface area contributed by atoms with Gasteiger partial charge in [-0.2, -0.15) is 0 Å². The van der Waals surface area contributed by atoms with Gasteiger partial charge in [-0.3, -0.25) is 0 Å². The molecular weight excluding hydrogens is 727 g/mol. The van der Waals surface area contributed by atoms with E-state index >= 15 is 0 Å². The molecule has 1 heterocycles. The topological polar surface area (TPSA) is 16.4 Å². The fourth-order valence-corrected chi connectivity index (χ4v) is 8.83. The Morgan fingerprint density at radius 3 is 1.50 bits per heavy atom. The van der Waals surface area contributed by atoms with Crippen molar-refractivity contribution < 1.29 is 4.42 Å². The lowest BCUT2D eigenvalue weighted by Gasteiger charge is -2.30. The van der Waals surface area contributed by atoms with Gasteiger partial charge in [0.15, 0.2) is 0 Å². The van der Waals surface area contributed by atoms with Gasteiger partial charge in [-0.25, -0.2) is 0 Å². The molecule has 0 radical (unpaired) electrons. The van der Waals surface area contributed by atoms with E-state index in [0.717, 1.165) is 72.2 Å². The smallest absolute Gasteiger partial charge is 0.143 e. The molecule has 0 saturated heterocycles. The highest BCUT2D eigenvalue weighted by Crippen LogP contribution is 2.47. The van der Waals surface area contributed by atoms with Crippen LogP contribution >= 0.6 is 0 Å². The largest absolute Gasteiger partial charge is 0.455 e. The van der Waals surface area contributed by atoms with Crippen LogP contribution in [-0.4, -0.2) is 0 Å². The molecule has 0 amide bonds. The summed E-state index contributed by atoms with van der Waals surface area (Å²) in [6.07, 6.45) is 0. The van der Waals surface area contributed by atoms with Gasteiger partial charge in [-0.15, -0.1) is 0 Å². The molecule has 0 fully saturated rings. The predicted octanol–water partition coefficient (Wildman–Crippen LogP) is 16.5. The minimum atomic E-state index is 0.885. The molecule has 11 aromatic rings. The van der Waals surface area contributed by atoms with Gasteiger partial charge < -0.3 is 9.32 Å². The van der Waals surface area contributed by atoms with Crippen molar-refractivity contribution >= 4 is 49.8 Å². The summed E-state index contributed by atoms with van der Waals surface area (Å²) in [7, 11) is 0. The first-order valence-corrected chi connectivity index (χ1v) is 20.5. The Bertz CT molecular complexity index is 3290. The summed E-state index contributed by atoms with van der Waals surface area (Å²) in [5.41, 5.74) is 16.6. The van der Waals surface area contributed by atoms with Gasteiger partial charge in [-0.1, -0.05) is 200 Å². The van der Waals surface area contributed by atoms with E-state index < -0.39 is 0 Å². The summed E-state index contributed by atoms with van der Waals surface area (Å²) in [6, 6.07) is 84.7. The van der Waals surface area contributed by atoms with Gasteiger partial charge >= 0.3 is 0 Å². The van der Waals surface area contributed by atoms with Crippen molar-refractivity contribution in [1.29, 1.82) is 0 Å². The standard InChI is InChI=1S/C58H39NO/c1-4-17-41(18-5-1)47-37-34-45(39-54(47)43-21-8-3-9-22-43)40-31-35-46(36-32-40)59(55-29-14-12-24-48(55)42-19-6-2-7-20-42)56-30-15-13-26-50(56)51-27-16-28-52-53-38-33-44-23-10-11-25-49(44)57(53)60-58(51)52/h1-39H. The first-order chi connectivity index (χ1) is 29.8. The van der Waals surface area contributed by atoms with Gasteiger partial charge in [-0.05, 0) is 80.7 Å². The summed E-state index contributed by atoms with van der Waals surface area (Å²) < 4.78 is 6.91. The zero-order valence-corrected chi connectivity index (χ0v) is 32.9. The Kier molecular flexibility index (Phi) is 8.87. The molecular formula is C58H39NO. The van der Waals surface area contributed by atoms with Crippen LogP contribution in [0.1, 0.15) is 0 Å². The van der Waals surface area contributed by atoms with E-state index in [1.54, 1.807) is 0 Å². The lowest BCUT2D eigenvalue weighted by Crippen LogP contribution is -2.12. The number of nitrogens with zero attached hydrogens (tertiary/aromatic N) is 1. The number of furan rings is 1. The maximum atomic E-state index is 6.91. The zero-order valence-electron chi connectivity index (χ0n) is 32.9. The van der Waals surface area contributed by atoms with Crippen LogP contribution in [0.4, 0.5) is 17.1 Å². The number of hydrogen-bond donors (Lipinski definition) is 0. The van der Waals surface area contributed by atoms with Crippen molar-refractivity contribution in [2.24, 2.45) is 0 Å². The van der Waals surface area contributed by atoms with Crippen LogP contribution in [0.5, 0.6) is 0 Å². The molecule has 1 aromatic heterocycles. The molecule has 0 spiro atoms. The molecule has 11 rings (SSSR count). The molecule has 0 atom stereocenters. The summed E-state index contributed by atoms with van der Waals surface area (Å²) in [5, 5.41) is 4.52. The molecule has 0 aliphatic carbocycles. The molecule has 60 heavy (non-hydrogen) atoms. The molecule has 282 valence electrons. The molecule has 0 N–H and O–H groups in total. The van der Waals surface area contributed by atoms with Gasteiger partial charge in [0.25, 0.3) is 0 Å². The van der Waals surface area contributed by atoms with Crippen molar-refractivity contribution in [3.05, 3.63) is 237 Å². The molecule has 10 aromatic carbocycles. The average Bonchev–Trinajstić information content (AvgIpc) is 3.73. The molecule has 0 aliphatic heterocycles. The van der Waals surface area contributed by atoms with E-state index in [-0.39, 0.29) is 0 Å². The monoisotopic (exact) mass is 765 g/mol. The number of benzene rings is 10. The molecule has 0 aliphatic rings. The van der Waals surface area contributed by atoms with Crippen LogP contribution < -0.4 is 4.90 Å². The van der Waals surface area contributed by atoms with Gasteiger partial charge in [0.1, 0.15) is 11.2 Å². The SMILES string of the molecule is c1ccc(-c2ccc(-c3ccc(N(c4ccccc4-c4ccccc4)c4ccccc4-c4cccc5c4oc4c6ccccc6ccc54)cc3)cc2-c2ccccc2)cc1. The second kappa shape index (κ2) is 15.1. The fraction of sp³-hybridized carbons (Fsp3) is 0. The van der Waals surface area contributed by atoms with Gasteiger partial charge in [0, 0.05) is 38.5 Å². The van der Waals surface area contributed by atoms with E-state index in [1.165, 1.54) is 33.2 Å². The summed E-state index contributed by atoms with van der Waals surface area (Å²) in [6.45, 7) is 0. The lowest BCUT2D eigenvalue weighted by molar-refractivity contribution is 0.674. The Morgan fingerprint density at radius 2 is 0.783 bits per heavy atom. The highest BCUT2D eigenvalue weighted by atomic mass is 16.3. The Labute approximate surface area is 349 Å². The minimum Gasteiger partial charge on any atom is -0.455 e. The number of rotatable bonds is 8. The highest BCUT2D eigenvalue weighted by Gasteiger charge is 2.23. The number of hydrogen-bond acceptors (Lipinski definition) is 2. The average molecular weight is 766 g/mol. The van der Waals surface area contributed by atoms with Crippen LogP contribution in [0.15, 0.2) is 241 Å². The van der Waals surface area contributed by atoms with Crippen molar-refractivity contribution in [1.82, 2.24) is 0 Å². The first kappa shape index (κ1) is 35.2. The van der Waals surface area contributed by atoms with Crippen molar-refractivity contribution in [2.45, 2.75) is 0 Å². The van der Waals surface area contributed by atoms with E-state index in [0.29, 0.717) is 0 Å². The van der Waals surface area contributed by atoms with Crippen LogP contribution in [0, 0.1) is 0 Å². The van der Waals surface area contributed by atoms with Crippen molar-refractivity contribution in [2.75, 3.05) is 4.90 Å². The number of fused-ring (bicyclic) bond motifs is 5. The molecule has 2 heteroatoms. The number of para-hydroxylation sites is 3. The van der Waals surface area contributed by atoms with Crippen LogP contribution in [0.2, 0.25) is 0 Å². The van der Waals surface area contributed by atoms with E-state index in [4.69, 9.17) is 4.42 Å². The van der Waals surface area contributed by atoms with Crippen LogP contribution in [0.25, 0.3) is 88.3 Å². The van der Waals surface area contributed by atoms with Crippen molar-refractivity contribution in [3.8, 4) is 55.6 Å². The van der Waals surface area contributed by atoms with Gasteiger partial charge in [0.05, 0.1) is 11.4 Å². The predicted molar refractivity (Wildman–Crippen MR) is 253 cm³/mol. The third-order valence-electron chi connectivity index (χ3n) is 11.7. The van der Waals surface area contributed by atoms with Crippen LogP contribution in [-0.2, 0) is 0 Å². The molecule has 0 saturated carbocycles. The zero-order chi connectivity index (χ0) is 39.8. The number of anilines is 3. The Morgan fingerprint density at radius 1 is 0.267 bits per heavy atom. The Hall–Kier alpha value is -7.94. The summed E-state index contributed by atoms with van der Waals surface area (Å²) >= 11 is 0. The normalized spacial score (nSPS) is 11.3. The van der Waals surface area contributed by atoms with E-state index in [9.17, 15) is 0 Å². The van der Waals surface area contributed by atoms with Crippen LogP contribution in [0.3, 0.4) is 0 Å². The van der Waals surface area contributed by atoms with E-state index in [2.05, 4.69) is 241 Å². The van der Waals surface area contributed by atoms with Crippen molar-refractivity contribution in [3.63, 3.8) is 0 Å². The van der Waals surface area contributed by atoms with E-state index in [1.807, 2.05) is 0 Å². The third-order valence-corrected chi connectivity index (χ3v) is 11.7. The Balaban J connectivity index is 1.08. The lowest BCUT2D eigenvalue weighted by atomic mass is 9.91. The maximum Gasteiger partial charge on any atom is 0.143 e. The fourth-order valence-electron chi connectivity index (χ4n) is 8.83. The van der Waals surface area contributed by atoms with Gasteiger partial charge in [0.2, 0.25) is 0 Å². The molecule has 0 bridgehead atoms.